The second-order valence-corrected chi connectivity index (χ2v) is 5.46. The Morgan fingerprint density at radius 2 is 1.95 bits per heavy atom. The number of carbonyl (C=O) groups is 1. The normalized spacial score (nSPS) is 11.4. The van der Waals surface area contributed by atoms with Crippen LogP contribution in [0.3, 0.4) is 0 Å². The lowest BCUT2D eigenvalue weighted by molar-refractivity contribution is -0.147. The number of hydrogen-bond acceptors (Lipinski definition) is 3. The Morgan fingerprint density at radius 1 is 1.27 bits per heavy atom. The third-order valence-electron chi connectivity index (χ3n) is 2.86. The van der Waals surface area contributed by atoms with E-state index in [1.165, 1.54) is 0 Å². The summed E-state index contributed by atoms with van der Waals surface area (Å²) in [5.41, 5.74) is 1.09. The molecule has 1 rings (SSSR count). The van der Waals surface area contributed by atoms with Crippen LogP contribution in [0.5, 0.6) is 0 Å². The average Bonchev–Trinajstić information content (AvgIpc) is 2.46. The van der Waals surface area contributed by atoms with Gasteiger partial charge in [0, 0.05) is 25.2 Å². The molecule has 22 heavy (non-hydrogen) atoms. The molecule has 0 unspecified atom stereocenters. The lowest BCUT2D eigenvalue weighted by Crippen LogP contribution is -2.39. The summed E-state index contributed by atoms with van der Waals surface area (Å²) in [7, 11) is 1.69. The van der Waals surface area contributed by atoms with E-state index in [0.717, 1.165) is 17.0 Å². The van der Waals surface area contributed by atoms with Crippen LogP contribution in [0.2, 0.25) is 5.02 Å². The van der Waals surface area contributed by atoms with Crippen molar-refractivity contribution in [1.82, 2.24) is 10.6 Å². The van der Waals surface area contributed by atoms with Gasteiger partial charge in [0.25, 0.3) is 0 Å². The maximum atomic E-state index is 11.4. The van der Waals surface area contributed by atoms with E-state index in [4.69, 9.17) is 16.3 Å². The summed E-state index contributed by atoms with van der Waals surface area (Å²) in [6.45, 7) is 4.86. The van der Waals surface area contributed by atoms with Gasteiger partial charge >= 0.3 is 5.97 Å². The van der Waals surface area contributed by atoms with E-state index in [-0.39, 0.29) is 12.1 Å². The van der Waals surface area contributed by atoms with Crippen molar-refractivity contribution >= 4 is 23.5 Å². The van der Waals surface area contributed by atoms with Crippen molar-refractivity contribution < 1.29 is 9.53 Å². The van der Waals surface area contributed by atoms with Gasteiger partial charge in [0.2, 0.25) is 0 Å². The summed E-state index contributed by atoms with van der Waals surface area (Å²) in [6.07, 6.45) is 1.03. The van der Waals surface area contributed by atoms with E-state index in [1.54, 1.807) is 7.05 Å². The molecule has 0 aromatic heterocycles. The first-order valence-electron chi connectivity index (χ1n) is 7.40. The molecule has 0 amide bonds. The second kappa shape index (κ2) is 10.1. The SMILES string of the molecule is CN=C(NCCC(=O)OC(C)C)NCCc1ccccc1Cl. The molecule has 6 heteroatoms. The Kier molecular flexibility index (Phi) is 8.36. The zero-order chi connectivity index (χ0) is 16.4. The number of benzene rings is 1. The standard InChI is InChI=1S/C16H24ClN3O2/c1-12(2)22-15(21)9-11-20-16(18-3)19-10-8-13-6-4-5-7-14(13)17/h4-7,12H,8-11H2,1-3H3,(H2,18,19,20). The summed E-state index contributed by atoms with van der Waals surface area (Å²) in [5.74, 6) is 0.443. The minimum absolute atomic E-state index is 0.0828. The number of hydrogen-bond donors (Lipinski definition) is 2. The summed E-state index contributed by atoms with van der Waals surface area (Å²) in [6, 6.07) is 7.76. The lowest BCUT2D eigenvalue weighted by Gasteiger charge is -2.12. The fraction of sp³-hybridized carbons (Fsp3) is 0.500. The number of nitrogens with zero attached hydrogens (tertiary/aromatic N) is 1. The van der Waals surface area contributed by atoms with Crippen LogP contribution in [0.25, 0.3) is 0 Å². The van der Waals surface area contributed by atoms with Crippen LogP contribution in [0.15, 0.2) is 29.3 Å². The fourth-order valence-corrected chi connectivity index (χ4v) is 2.07. The highest BCUT2D eigenvalue weighted by Crippen LogP contribution is 2.14. The van der Waals surface area contributed by atoms with Crippen LogP contribution in [-0.4, -0.2) is 38.2 Å². The van der Waals surface area contributed by atoms with E-state index >= 15 is 0 Å². The van der Waals surface area contributed by atoms with E-state index in [9.17, 15) is 4.79 Å². The molecule has 0 atom stereocenters. The maximum absolute atomic E-state index is 11.4. The van der Waals surface area contributed by atoms with Gasteiger partial charge in [-0.1, -0.05) is 29.8 Å². The Labute approximate surface area is 137 Å². The summed E-state index contributed by atoms with van der Waals surface area (Å²) in [5, 5.41) is 7.03. The molecular formula is C16H24ClN3O2. The van der Waals surface area contributed by atoms with Gasteiger partial charge in [0.15, 0.2) is 5.96 Å². The third-order valence-corrected chi connectivity index (χ3v) is 3.23. The van der Waals surface area contributed by atoms with Crippen molar-refractivity contribution in [2.75, 3.05) is 20.1 Å². The van der Waals surface area contributed by atoms with Crippen LogP contribution >= 0.6 is 11.6 Å². The number of aliphatic imine (C=N–C) groups is 1. The third kappa shape index (κ3) is 7.31. The molecule has 0 spiro atoms. The zero-order valence-corrected chi connectivity index (χ0v) is 14.1. The monoisotopic (exact) mass is 325 g/mol. The van der Waals surface area contributed by atoms with Crippen molar-refractivity contribution in [2.45, 2.75) is 32.8 Å². The first-order valence-corrected chi connectivity index (χ1v) is 7.78. The smallest absolute Gasteiger partial charge is 0.307 e. The number of carbonyl (C=O) groups excluding carboxylic acids is 1. The molecule has 1 aromatic carbocycles. The van der Waals surface area contributed by atoms with Gasteiger partial charge in [0.1, 0.15) is 0 Å². The Hall–Kier alpha value is -1.75. The van der Waals surface area contributed by atoms with E-state index in [2.05, 4.69) is 15.6 Å². The van der Waals surface area contributed by atoms with Crippen molar-refractivity contribution in [1.29, 1.82) is 0 Å². The van der Waals surface area contributed by atoms with Crippen molar-refractivity contribution in [2.24, 2.45) is 4.99 Å². The summed E-state index contributed by atoms with van der Waals surface area (Å²) < 4.78 is 5.06. The van der Waals surface area contributed by atoms with Gasteiger partial charge in [-0.2, -0.15) is 0 Å². The Bertz CT molecular complexity index is 504. The predicted molar refractivity (Wildman–Crippen MR) is 90.4 cm³/mol. The molecule has 0 saturated heterocycles. The molecule has 122 valence electrons. The van der Waals surface area contributed by atoms with Gasteiger partial charge in [-0.25, -0.2) is 0 Å². The summed E-state index contributed by atoms with van der Waals surface area (Å²) in [4.78, 5) is 15.5. The number of esters is 1. The molecule has 0 fully saturated rings. The second-order valence-electron chi connectivity index (χ2n) is 5.06. The Morgan fingerprint density at radius 3 is 2.59 bits per heavy atom. The number of guanidine groups is 1. The van der Waals surface area contributed by atoms with Gasteiger partial charge < -0.3 is 15.4 Å². The fourth-order valence-electron chi connectivity index (χ4n) is 1.84. The highest BCUT2D eigenvalue weighted by Gasteiger charge is 2.06. The lowest BCUT2D eigenvalue weighted by atomic mass is 10.1. The molecule has 0 radical (unpaired) electrons. The molecule has 2 N–H and O–H groups in total. The minimum atomic E-state index is -0.214. The number of ether oxygens (including phenoxy) is 1. The van der Waals surface area contributed by atoms with Crippen molar-refractivity contribution in [3.05, 3.63) is 34.9 Å². The Balaban J connectivity index is 2.26. The van der Waals surface area contributed by atoms with Gasteiger partial charge in [0.05, 0.1) is 12.5 Å². The highest BCUT2D eigenvalue weighted by atomic mass is 35.5. The van der Waals surface area contributed by atoms with Crippen molar-refractivity contribution in [3.63, 3.8) is 0 Å². The van der Waals surface area contributed by atoms with E-state index in [1.807, 2.05) is 38.1 Å². The average molecular weight is 326 g/mol. The predicted octanol–water partition coefficient (Wildman–Crippen LogP) is 2.39. The number of nitrogens with one attached hydrogen (secondary N) is 2. The number of halogens is 1. The van der Waals surface area contributed by atoms with Crippen LogP contribution < -0.4 is 10.6 Å². The van der Waals surface area contributed by atoms with Crippen LogP contribution in [0.1, 0.15) is 25.8 Å². The van der Waals surface area contributed by atoms with Gasteiger partial charge in [-0.3, -0.25) is 9.79 Å². The molecule has 0 heterocycles. The van der Waals surface area contributed by atoms with Crippen LogP contribution in [0.4, 0.5) is 0 Å². The number of rotatable bonds is 7. The molecule has 0 saturated carbocycles. The molecular weight excluding hydrogens is 302 g/mol. The minimum Gasteiger partial charge on any atom is -0.463 e. The van der Waals surface area contributed by atoms with E-state index < -0.39 is 0 Å². The first kappa shape index (κ1) is 18.3. The topological polar surface area (TPSA) is 62.7 Å². The molecule has 0 aliphatic carbocycles. The van der Waals surface area contributed by atoms with Crippen LogP contribution in [0, 0.1) is 0 Å². The highest BCUT2D eigenvalue weighted by molar-refractivity contribution is 6.31. The molecule has 0 aliphatic rings. The maximum Gasteiger partial charge on any atom is 0.307 e. The molecule has 0 bridgehead atoms. The van der Waals surface area contributed by atoms with E-state index in [0.29, 0.717) is 25.5 Å². The first-order chi connectivity index (χ1) is 10.5. The quantitative estimate of drug-likeness (QED) is 0.459. The summed E-state index contributed by atoms with van der Waals surface area (Å²) >= 11 is 6.11. The molecule has 1 aromatic rings. The van der Waals surface area contributed by atoms with Crippen LogP contribution in [-0.2, 0) is 16.0 Å². The largest absolute Gasteiger partial charge is 0.463 e. The molecule has 0 aliphatic heterocycles. The zero-order valence-electron chi connectivity index (χ0n) is 13.4. The van der Waals surface area contributed by atoms with Gasteiger partial charge in [-0.15, -0.1) is 0 Å². The van der Waals surface area contributed by atoms with Crippen molar-refractivity contribution in [3.8, 4) is 0 Å². The van der Waals surface area contributed by atoms with Gasteiger partial charge in [-0.05, 0) is 31.9 Å². The molecule has 5 nitrogen and oxygen atoms in total.